The maximum absolute atomic E-state index is 5.41. The van der Waals surface area contributed by atoms with Gasteiger partial charge < -0.3 is 10.1 Å². The van der Waals surface area contributed by atoms with E-state index in [1.807, 2.05) is 6.92 Å². The molecule has 1 saturated heterocycles. The van der Waals surface area contributed by atoms with Crippen LogP contribution in [0.3, 0.4) is 0 Å². The maximum Gasteiger partial charge on any atom is 0.132 e. The summed E-state index contributed by atoms with van der Waals surface area (Å²) in [5.74, 6) is 0.958. The first kappa shape index (κ1) is 14.2. The topological polar surface area (TPSA) is 50.3 Å². The third kappa shape index (κ3) is 3.64. The summed E-state index contributed by atoms with van der Waals surface area (Å²) in [4.78, 5) is 11.0. The van der Waals surface area contributed by atoms with E-state index in [-0.39, 0.29) is 0 Å². The summed E-state index contributed by atoms with van der Waals surface area (Å²) in [6.07, 6.45) is 2.76. The van der Waals surface area contributed by atoms with Crippen molar-refractivity contribution < 1.29 is 4.74 Å². The highest BCUT2D eigenvalue weighted by Gasteiger charge is 2.19. The molecule has 106 valence electrons. The summed E-state index contributed by atoms with van der Waals surface area (Å²) in [5.41, 5.74) is 2.18. The Hall–Kier alpha value is -1.20. The molecule has 2 rings (SSSR count). The van der Waals surface area contributed by atoms with E-state index in [2.05, 4.69) is 34.0 Å². The standard InChI is InChI=1S/C14H24N4O/c1-4-13(18-5-7-19-8-6-18)9-15-14-11(2)12(3)16-10-17-14/h10,13H,4-9H2,1-3H3,(H,15,16,17)/t13-/m1/s1. The van der Waals surface area contributed by atoms with Crippen LogP contribution in [0.5, 0.6) is 0 Å². The van der Waals surface area contributed by atoms with Crippen molar-refractivity contribution in [1.29, 1.82) is 0 Å². The third-order valence-electron chi connectivity index (χ3n) is 3.87. The summed E-state index contributed by atoms with van der Waals surface area (Å²) in [6.45, 7) is 11.0. The summed E-state index contributed by atoms with van der Waals surface area (Å²) in [7, 11) is 0. The normalized spacial score (nSPS) is 18.3. The van der Waals surface area contributed by atoms with Crippen molar-refractivity contribution in [3.05, 3.63) is 17.6 Å². The van der Waals surface area contributed by atoms with Gasteiger partial charge >= 0.3 is 0 Å². The number of hydrogen-bond donors (Lipinski definition) is 1. The SMILES string of the molecule is CC[C@H](CNc1ncnc(C)c1C)N1CCOCC1. The average Bonchev–Trinajstić information content (AvgIpc) is 2.45. The molecule has 0 aliphatic carbocycles. The molecule has 1 aliphatic rings. The molecule has 0 spiro atoms. The fourth-order valence-corrected chi connectivity index (χ4v) is 2.41. The molecule has 0 bridgehead atoms. The minimum absolute atomic E-state index is 0.540. The largest absolute Gasteiger partial charge is 0.379 e. The second kappa shape index (κ2) is 6.82. The molecular formula is C14H24N4O. The first-order valence-corrected chi connectivity index (χ1v) is 7.06. The van der Waals surface area contributed by atoms with Crippen LogP contribution >= 0.6 is 0 Å². The highest BCUT2D eigenvalue weighted by atomic mass is 16.5. The molecule has 1 aromatic heterocycles. The number of ether oxygens (including phenoxy) is 1. The smallest absolute Gasteiger partial charge is 0.132 e. The number of anilines is 1. The van der Waals surface area contributed by atoms with Crippen LogP contribution in [0.15, 0.2) is 6.33 Å². The van der Waals surface area contributed by atoms with Crippen LogP contribution in [0.25, 0.3) is 0 Å². The van der Waals surface area contributed by atoms with Gasteiger partial charge in [0.2, 0.25) is 0 Å². The zero-order valence-electron chi connectivity index (χ0n) is 12.1. The van der Waals surface area contributed by atoms with Gasteiger partial charge in [-0.05, 0) is 20.3 Å². The van der Waals surface area contributed by atoms with Crippen molar-refractivity contribution in [1.82, 2.24) is 14.9 Å². The van der Waals surface area contributed by atoms with E-state index >= 15 is 0 Å². The Morgan fingerprint density at radius 2 is 2.05 bits per heavy atom. The third-order valence-corrected chi connectivity index (χ3v) is 3.87. The van der Waals surface area contributed by atoms with E-state index < -0.39 is 0 Å². The van der Waals surface area contributed by atoms with Gasteiger partial charge in [-0.2, -0.15) is 0 Å². The minimum Gasteiger partial charge on any atom is -0.379 e. The lowest BCUT2D eigenvalue weighted by molar-refractivity contribution is 0.0184. The van der Waals surface area contributed by atoms with Crippen LogP contribution in [-0.2, 0) is 4.74 Å². The van der Waals surface area contributed by atoms with E-state index in [1.54, 1.807) is 6.33 Å². The Labute approximate surface area is 115 Å². The number of nitrogens with zero attached hydrogens (tertiary/aromatic N) is 3. The number of rotatable bonds is 5. The maximum atomic E-state index is 5.41. The first-order chi connectivity index (χ1) is 9.22. The van der Waals surface area contributed by atoms with Gasteiger partial charge in [0.15, 0.2) is 0 Å². The number of aryl methyl sites for hydroxylation is 1. The van der Waals surface area contributed by atoms with Crippen molar-refractivity contribution in [2.75, 3.05) is 38.2 Å². The molecule has 19 heavy (non-hydrogen) atoms. The Bertz CT molecular complexity index is 404. The Balaban J connectivity index is 1.93. The van der Waals surface area contributed by atoms with E-state index in [0.29, 0.717) is 6.04 Å². The van der Waals surface area contributed by atoms with E-state index in [9.17, 15) is 0 Å². The molecule has 1 aromatic rings. The van der Waals surface area contributed by atoms with Gasteiger partial charge in [0.05, 0.1) is 13.2 Å². The molecular weight excluding hydrogens is 240 g/mol. The van der Waals surface area contributed by atoms with E-state index in [4.69, 9.17) is 4.74 Å². The summed E-state index contributed by atoms with van der Waals surface area (Å²) < 4.78 is 5.41. The molecule has 2 heterocycles. The molecule has 0 unspecified atom stereocenters. The van der Waals surface area contributed by atoms with Crippen LogP contribution in [0.4, 0.5) is 5.82 Å². The van der Waals surface area contributed by atoms with E-state index in [1.165, 1.54) is 0 Å². The fourth-order valence-electron chi connectivity index (χ4n) is 2.41. The van der Waals surface area contributed by atoms with Crippen LogP contribution in [-0.4, -0.2) is 53.8 Å². The number of aromatic nitrogens is 2. The Kier molecular flexibility index (Phi) is 5.10. The minimum atomic E-state index is 0.540. The zero-order chi connectivity index (χ0) is 13.7. The molecule has 1 atom stereocenters. The zero-order valence-corrected chi connectivity index (χ0v) is 12.1. The summed E-state index contributed by atoms with van der Waals surface area (Å²) >= 11 is 0. The van der Waals surface area contributed by atoms with Gasteiger partial charge in [0, 0.05) is 36.9 Å². The van der Waals surface area contributed by atoms with Gasteiger partial charge in [-0.3, -0.25) is 4.90 Å². The monoisotopic (exact) mass is 264 g/mol. The number of morpholine rings is 1. The first-order valence-electron chi connectivity index (χ1n) is 7.06. The second-order valence-corrected chi connectivity index (χ2v) is 5.02. The molecule has 5 nitrogen and oxygen atoms in total. The van der Waals surface area contributed by atoms with Crippen molar-refractivity contribution in [3.8, 4) is 0 Å². The van der Waals surface area contributed by atoms with Crippen molar-refractivity contribution >= 4 is 5.82 Å². The van der Waals surface area contributed by atoms with Gasteiger partial charge in [-0.15, -0.1) is 0 Å². The molecule has 1 fully saturated rings. The lowest BCUT2D eigenvalue weighted by atomic mass is 10.1. The predicted octanol–water partition coefficient (Wildman–Crippen LogP) is 1.62. The van der Waals surface area contributed by atoms with Crippen molar-refractivity contribution in [2.24, 2.45) is 0 Å². The number of nitrogens with one attached hydrogen (secondary N) is 1. The van der Waals surface area contributed by atoms with Crippen LogP contribution in [0.1, 0.15) is 24.6 Å². The molecule has 5 heteroatoms. The van der Waals surface area contributed by atoms with Gasteiger partial charge in [0.1, 0.15) is 12.1 Å². The van der Waals surface area contributed by atoms with E-state index in [0.717, 1.165) is 56.3 Å². The number of hydrogen-bond acceptors (Lipinski definition) is 5. The summed E-state index contributed by atoms with van der Waals surface area (Å²) in [5, 5.41) is 3.47. The van der Waals surface area contributed by atoms with Crippen LogP contribution in [0.2, 0.25) is 0 Å². The predicted molar refractivity (Wildman–Crippen MR) is 76.5 cm³/mol. The molecule has 1 aliphatic heterocycles. The molecule has 0 saturated carbocycles. The summed E-state index contributed by atoms with van der Waals surface area (Å²) in [6, 6.07) is 0.540. The molecule has 0 radical (unpaired) electrons. The molecule has 0 amide bonds. The van der Waals surface area contributed by atoms with Crippen molar-refractivity contribution in [3.63, 3.8) is 0 Å². The average molecular weight is 264 g/mol. The quantitative estimate of drug-likeness (QED) is 0.875. The van der Waals surface area contributed by atoms with Crippen LogP contribution < -0.4 is 5.32 Å². The Morgan fingerprint density at radius 3 is 2.74 bits per heavy atom. The van der Waals surface area contributed by atoms with Gasteiger partial charge in [-0.1, -0.05) is 6.92 Å². The van der Waals surface area contributed by atoms with Gasteiger partial charge in [0.25, 0.3) is 0 Å². The van der Waals surface area contributed by atoms with Crippen molar-refractivity contribution in [2.45, 2.75) is 33.2 Å². The lowest BCUT2D eigenvalue weighted by Gasteiger charge is -2.34. The highest BCUT2D eigenvalue weighted by Crippen LogP contribution is 2.14. The molecule has 0 aromatic carbocycles. The molecule has 1 N–H and O–H groups in total. The lowest BCUT2D eigenvalue weighted by Crippen LogP contribution is -2.46. The fraction of sp³-hybridized carbons (Fsp3) is 0.714. The van der Waals surface area contributed by atoms with Gasteiger partial charge in [-0.25, -0.2) is 9.97 Å². The second-order valence-electron chi connectivity index (χ2n) is 5.02. The highest BCUT2D eigenvalue weighted by molar-refractivity contribution is 5.44. The van der Waals surface area contributed by atoms with Crippen LogP contribution in [0, 0.1) is 13.8 Å². The Morgan fingerprint density at radius 1 is 1.32 bits per heavy atom.